The molecule has 0 aliphatic heterocycles. The summed E-state index contributed by atoms with van der Waals surface area (Å²) in [5, 5.41) is 9.61. The first-order valence-electron chi connectivity index (χ1n) is 10.3. The molecule has 0 saturated heterocycles. The molecule has 3 aromatic carbocycles. The monoisotopic (exact) mass is 437 g/mol. The second-order valence-electron chi connectivity index (χ2n) is 7.16. The quantitative estimate of drug-likeness (QED) is 0.167. The topological polar surface area (TPSA) is 89.5 Å². The van der Waals surface area contributed by atoms with E-state index in [0.717, 1.165) is 12.0 Å². The summed E-state index contributed by atoms with van der Waals surface area (Å²) in [7, 11) is 0. The van der Waals surface area contributed by atoms with Crippen molar-refractivity contribution < 1.29 is 18.7 Å². The third-order valence-electron chi connectivity index (χ3n) is 4.94. The Hall–Kier alpha value is -4.63. The summed E-state index contributed by atoms with van der Waals surface area (Å²) >= 11 is 0. The fourth-order valence-corrected chi connectivity index (χ4v) is 3.16. The largest absolute Gasteiger partial charge is 0.460 e. The molecule has 0 saturated carbocycles. The van der Waals surface area contributed by atoms with E-state index in [1.54, 1.807) is 36.4 Å². The van der Waals surface area contributed by atoms with Crippen LogP contribution in [0.3, 0.4) is 0 Å². The zero-order valence-corrected chi connectivity index (χ0v) is 17.8. The summed E-state index contributed by atoms with van der Waals surface area (Å²) in [6, 6.07) is 22.7. The zero-order chi connectivity index (χ0) is 23.2. The molecule has 0 aliphatic carbocycles. The Morgan fingerprint density at radius 2 is 1.76 bits per heavy atom. The molecule has 0 atom stereocenters. The fraction of sp³-hybridized carbons (Fsp3) is 0.0741. The molecule has 4 aromatic rings. The molecule has 33 heavy (non-hydrogen) atoms. The Bertz CT molecular complexity index is 1430. The lowest BCUT2D eigenvalue weighted by atomic mass is 10.1. The van der Waals surface area contributed by atoms with Crippen molar-refractivity contribution in [1.82, 2.24) is 0 Å². The van der Waals surface area contributed by atoms with Crippen LogP contribution < -0.4 is 14.9 Å². The summed E-state index contributed by atoms with van der Waals surface area (Å²) in [6.07, 6.45) is 3.57. The number of carbonyl (C=O) groups is 1. The van der Waals surface area contributed by atoms with Crippen LogP contribution in [0.25, 0.3) is 17.0 Å². The number of hydrogen-bond acceptors (Lipinski definition) is 6. The van der Waals surface area contributed by atoms with E-state index in [0.29, 0.717) is 11.3 Å². The van der Waals surface area contributed by atoms with Gasteiger partial charge in [0.05, 0.1) is 5.39 Å². The van der Waals surface area contributed by atoms with Crippen LogP contribution in [0, 0.1) is 11.3 Å². The first-order chi connectivity index (χ1) is 16.1. The molecule has 162 valence electrons. The number of carbonyl (C=O) groups excluding carboxylic acids is 1. The average molecular weight is 437 g/mol. The molecule has 0 bridgehead atoms. The SMILES string of the molecule is CCc1ccc(Oc2coc3cc(OC(=O)/C(C#N)=C/c4ccccc4)ccc3c2=O)cc1. The smallest absolute Gasteiger partial charge is 0.354 e. The van der Waals surface area contributed by atoms with Crippen LogP contribution in [0.15, 0.2) is 93.8 Å². The third-order valence-corrected chi connectivity index (χ3v) is 4.94. The summed E-state index contributed by atoms with van der Waals surface area (Å²) in [5.74, 6) is -0.0834. The van der Waals surface area contributed by atoms with Crippen molar-refractivity contribution in [3.8, 4) is 23.3 Å². The van der Waals surface area contributed by atoms with E-state index in [-0.39, 0.29) is 33.5 Å². The van der Waals surface area contributed by atoms with Crippen molar-refractivity contribution in [2.24, 2.45) is 0 Å². The number of aryl methyl sites for hydroxylation is 1. The summed E-state index contributed by atoms with van der Waals surface area (Å²) in [5.41, 5.74) is 1.58. The van der Waals surface area contributed by atoms with Gasteiger partial charge in [-0.1, -0.05) is 49.4 Å². The summed E-state index contributed by atoms with van der Waals surface area (Å²) in [4.78, 5) is 25.2. The Morgan fingerprint density at radius 3 is 2.45 bits per heavy atom. The Balaban J connectivity index is 1.55. The van der Waals surface area contributed by atoms with Gasteiger partial charge in [0.1, 0.15) is 35.0 Å². The highest BCUT2D eigenvalue weighted by Gasteiger charge is 2.15. The maximum atomic E-state index is 12.8. The van der Waals surface area contributed by atoms with Crippen LogP contribution >= 0.6 is 0 Å². The fourth-order valence-electron chi connectivity index (χ4n) is 3.16. The number of rotatable bonds is 6. The molecule has 0 fully saturated rings. The minimum atomic E-state index is -0.807. The van der Waals surface area contributed by atoms with Crippen LogP contribution in [0.5, 0.6) is 17.2 Å². The molecule has 6 heteroatoms. The molecule has 1 aromatic heterocycles. The van der Waals surface area contributed by atoms with Gasteiger partial charge in [0.15, 0.2) is 0 Å². The molecule has 0 radical (unpaired) electrons. The summed E-state index contributed by atoms with van der Waals surface area (Å²) in [6.45, 7) is 2.06. The second kappa shape index (κ2) is 9.67. The maximum Gasteiger partial charge on any atom is 0.354 e. The maximum absolute atomic E-state index is 12.8. The molecule has 4 rings (SSSR count). The number of benzene rings is 3. The van der Waals surface area contributed by atoms with Gasteiger partial charge in [0, 0.05) is 6.07 Å². The van der Waals surface area contributed by atoms with E-state index >= 15 is 0 Å². The van der Waals surface area contributed by atoms with Gasteiger partial charge in [-0.15, -0.1) is 0 Å². The molecule has 0 amide bonds. The molecular weight excluding hydrogens is 418 g/mol. The minimum Gasteiger partial charge on any atom is -0.460 e. The van der Waals surface area contributed by atoms with E-state index in [1.165, 1.54) is 30.5 Å². The molecule has 6 nitrogen and oxygen atoms in total. The van der Waals surface area contributed by atoms with Gasteiger partial charge in [-0.2, -0.15) is 5.26 Å². The van der Waals surface area contributed by atoms with Crippen LogP contribution in [-0.2, 0) is 11.2 Å². The predicted molar refractivity (Wildman–Crippen MR) is 124 cm³/mol. The molecule has 1 heterocycles. The Labute approximate surface area is 189 Å². The number of fused-ring (bicyclic) bond motifs is 1. The molecule has 0 aliphatic rings. The number of esters is 1. The van der Waals surface area contributed by atoms with Crippen LogP contribution in [0.2, 0.25) is 0 Å². The third kappa shape index (κ3) is 5.00. The number of nitrogens with zero attached hydrogens (tertiary/aromatic N) is 1. The van der Waals surface area contributed by atoms with E-state index < -0.39 is 5.97 Å². The van der Waals surface area contributed by atoms with Gasteiger partial charge < -0.3 is 13.9 Å². The standard InChI is InChI=1S/C27H19NO5/c1-2-18-8-10-21(11-9-18)32-25-17-31-24-15-22(12-13-23(24)26(25)29)33-27(30)20(16-28)14-19-6-4-3-5-7-19/h3-15,17H,2H2,1H3/b20-14+. The van der Waals surface area contributed by atoms with Crippen molar-refractivity contribution in [2.45, 2.75) is 13.3 Å². The zero-order valence-electron chi connectivity index (χ0n) is 17.8. The lowest BCUT2D eigenvalue weighted by Gasteiger charge is -2.07. The molecule has 0 N–H and O–H groups in total. The van der Waals surface area contributed by atoms with E-state index in [4.69, 9.17) is 13.9 Å². The van der Waals surface area contributed by atoms with E-state index in [9.17, 15) is 14.9 Å². The lowest BCUT2D eigenvalue weighted by Crippen LogP contribution is -2.10. The normalized spacial score (nSPS) is 11.1. The van der Waals surface area contributed by atoms with Crippen LogP contribution in [0.1, 0.15) is 18.1 Å². The van der Waals surface area contributed by atoms with Crippen molar-refractivity contribution in [2.75, 3.05) is 0 Å². The van der Waals surface area contributed by atoms with Crippen molar-refractivity contribution in [3.05, 3.63) is 106 Å². The average Bonchev–Trinajstić information content (AvgIpc) is 2.85. The number of ether oxygens (including phenoxy) is 2. The highest BCUT2D eigenvalue weighted by Crippen LogP contribution is 2.25. The summed E-state index contributed by atoms with van der Waals surface area (Å²) < 4.78 is 16.5. The lowest BCUT2D eigenvalue weighted by molar-refractivity contribution is -0.129. The predicted octanol–water partition coefficient (Wildman–Crippen LogP) is 5.66. The van der Waals surface area contributed by atoms with Gasteiger partial charge in [-0.3, -0.25) is 4.79 Å². The van der Waals surface area contributed by atoms with Crippen LogP contribution in [-0.4, -0.2) is 5.97 Å². The Kier molecular flexibility index (Phi) is 6.33. The molecular formula is C27H19NO5. The number of nitriles is 1. The van der Waals surface area contributed by atoms with Gasteiger partial charge in [0.25, 0.3) is 0 Å². The Morgan fingerprint density at radius 1 is 1.03 bits per heavy atom. The second-order valence-corrected chi connectivity index (χ2v) is 7.16. The van der Waals surface area contributed by atoms with E-state index in [1.807, 2.05) is 24.3 Å². The number of hydrogen-bond donors (Lipinski definition) is 0. The van der Waals surface area contributed by atoms with Gasteiger partial charge in [-0.05, 0) is 47.9 Å². The van der Waals surface area contributed by atoms with Gasteiger partial charge >= 0.3 is 5.97 Å². The van der Waals surface area contributed by atoms with Gasteiger partial charge in [-0.25, -0.2) is 4.79 Å². The van der Waals surface area contributed by atoms with Crippen molar-refractivity contribution in [3.63, 3.8) is 0 Å². The first-order valence-corrected chi connectivity index (χ1v) is 10.3. The molecule has 0 unspecified atom stereocenters. The van der Waals surface area contributed by atoms with E-state index in [2.05, 4.69) is 6.92 Å². The molecule has 0 spiro atoms. The highest BCUT2D eigenvalue weighted by atomic mass is 16.5. The van der Waals surface area contributed by atoms with Crippen LogP contribution in [0.4, 0.5) is 0 Å². The highest BCUT2D eigenvalue weighted by molar-refractivity contribution is 5.99. The van der Waals surface area contributed by atoms with Crippen molar-refractivity contribution in [1.29, 1.82) is 5.26 Å². The first kappa shape index (κ1) is 21.6. The minimum absolute atomic E-state index is 0.0501. The van der Waals surface area contributed by atoms with Crippen molar-refractivity contribution >= 4 is 23.0 Å². The van der Waals surface area contributed by atoms with Gasteiger partial charge in [0.2, 0.25) is 11.2 Å².